The van der Waals surface area contributed by atoms with Crippen LogP contribution in [0.2, 0.25) is 0 Å². The number of benzene rings is 6. The standard InChI is InChI=1S/2C24H29.C12H9Si.2ClH.Zr/c2*1-6-19-11-12-20-14-18(13-16(2)3)15-23(20)24(19)22-10-8-7-9-21(22)17(4)5;1-3-7-11-9(5-1)10-6-2-4-8-12(10)13-11;;;/h2*7-12,14-17H,6,13H2,1-5H3;1-7H,13H2;2*1H;/q;;;;;+2/p-2. The Morgan fingerprint density at radius 3 is 1.39 bits per heavy atom. The molecule has 3 aliphatic rings. The van der Waals surface area contributed by atoms with E-state index in [2.05, 4.69) is 197 Å². The van der Waals surface area contributed by atoms with Crippen molar-refractivity contribution in [2.24, 2.45) is 11.8 Å². The van der Waals surface area contributed by atoms with Crippen LogP contribution in [0, 0.1) is 11.8 Å². The number of fused-ring (bicyclic) bond motifs is 5. The van der Waals surface area contributed by atoms with Gasteiger partial charge in [0.15, 0.2) is 0 Å². The fourth-order valence-corrected chi connectivity index (χ4v) is 40.3. The molecule has 329 valence electrons. The number of rotatable bonds is 13. The number of halogens is 2. The molecule has 0 nitrogen and oxygen atoms in total. The third-order valence-corrected chi connectivity index (χ3v) is 37.7. The third-order valence-electron chi connectivity index (χ3n) is 14.9. The van der Waals surface area contributed by atoms with Crippen LogP contribution >= 0.6 is 17.0 Å². The summed E-state index contributed by atoms with van der Waals surface area (Å²) in [5.41, 5.74) is 22.0. The van der Waals surface area contributed by atoms with E-state index in [4.69, 9.17) is 0 Å². The molecule has 0 bridgehead atoms. The quantitative estimate of drug-likeness (QED) is 0.101. The Morgan fingerprint density at radius 1 is 0.500 bits per heavy atom. The summed E-state index contributed by atoms with van der Waals surface area (Å²) in [6.45, 7) is 23.5. The van der Waals surface area contributed by atoms with Crippen molar-refractivity contribution in [2.45, 2.75) is 114 Å². The van der Waals surface area contributed by atoms with Gasteiger partial charge < -0.3 is 0 Å². The Hall–Kier alpha value is -3.52. The molecule has 0 radical (unpaired) electrons. The van der Waals surface area contributed by atoms with Crippen LogP contribution in [0.1, 0.15) is 146 Å². The molecule has 6 aromatic rings. The minimum absolute atomic E-state index is 0.106. The van der Waals surface area contributed by atoms with Gasteiger partial charge in [0.1, 0.15) is 0 Å². The first-order chi connectivity index (χ1) is 30.7. The summed E-state index contributed by atoms with van der Waals surface area (Å²) in [7, 11) is 18.3. The SMILES string of the molecule is CCc1ccc2c(c1-c1ccccc1C(C)C)C=C(CC(C)C)[CH]2[Zr]([Cl])([Cl])([c]1cccc2c1[SiH2]c1ccccc1-2)[CH]1C(CC(C)C)=Cc2c1ccc(CC)c2-c1ccccc1C(C)C. The predicted octanol–water partition coefficient (Wildman–Crippen LogP) is 15.5. The fourth-order valence-electron chi connectivity index (χ4n) is 12.4. The second-order valence-electron chi connectivity index (χ2n) is 20.7. The average Bonchev–Trinajstić information content (AvgIpc) is 3.96. The van der Waals surface area contributed by atoms with E-state index in [1.54, 1.807) is 0 Å². The van der Waals surface area contributed by atoms with E-state index in [0.717, 1.165) is 25.7 Å². The van der Waals surface area contributed by atoms with Crippen LogP contribution < -0.4 is 13.6 Å². The van der Waals surface area contributed by atoms with Gasteiger partial charge in [-0.3, -0.25) is 0 Å². The van der Waals surface area contributed by atoms with E-state index in [1.165, 1.54) is 103 Å². The number of hydrogen-bond acceptors (Lipinski definition) is 0. The van der Waals surface area contributed by atoms with Gasteiger partial charge in [0.25, 0.3) is 0 Å². The molecule has 64 heavy (non-hydrogen) atoms. The molecule has 0 saturated carbocycles. The van der Waals surface area contributed by atoms with Crippen LogP contribution in [-0.4, -0.2) is 9.52 Å². The van der Waals surface area contributed by atoms with E-state index >= 15 is 0 Å². The van der Waals surface area contributed by atoms with E-state index in [1.807, 2.05) is 0 Å². The van der Waals surface area contributed by atoms with Crippen LogP contribution in [0.4, 0.5) is 0 Å². The number of aryl methyl sites for hydroxylation is 2. The molecule has 0 aromatic heterocycles. The monoisotopic (exact) mass is 975 g/mol. The first-order valence-corrected chi connectivity index (χ1v) is 36.2. The van der Waals surface area contributed by atoms with Gasteiger partial charge in [-0.1, -0.05) is 0 Å². The van der Waals surface area contributed by atoms with Crippen molar-refractivity contribution in [1.29, 1.82) is 0 Å². The summed E-state index contributed by atoms with van der Waals surface area (Å²) < 4.78 is 1.11. The summed E-state index contributed by atoms with van der Waals surface area (Å²) in [4.78, 5) is 0. The molecule has 0 fully saturated rings. The topological polar surface area (TPSA) is 0 Å². The van der Waals surface area contributed by atoms with Crippen molar-refractivity contribution in [3.63, 3.8) is 0 Å². The molecule has 0 saturated heterocycles. The molecule has 2 unspecified atom stereocenters. The molecule has 2 atom stereocenters. The Morgan fingerprint density at radius 2 is 0.938 bits per heavy atom. The van der Waals surface area contributed by atoms with Gasteiger partial charge in [-0.05, 0) is 0 Å². The van der Waals surface area contributed by atoms with E-state index < -0.39 is 25.9 Å². The minimum atomic E-state index is -5.76. The van der Waals surface area contributed by atoms with Crippen LogP contribution in [0.15, 0.2) is 126 Å². The van der Waals surface area contributed by atoms with Gasteiger partial charge in [0, 0.05) is 0 Å². The van der Waals surface area contributed by atoms with Crippen molar-refractivity contribution in [2.75, 3.05) is 0 Å². The van der Waals surface area contributed by atoms with E-state index in [0.29, 0.717) is 23.7 Å². The van der Waals surface area contributed by atoms with E-state index in [-0.39, 0.29) is 7.25 Å². The Bertz CT molecular complexity index is 2710. The first kappa shape index (κ1) is 45.6. The zero-order valence-electron chi connectivity index (χ0n) is 39.9. The third kappa shape index (κ3) is 7.41. The second-order valence-corrected chi connectivity index (χ2v) is 43.1. The molecule has 6 aromatic carbocycles. The second kappa shape index (κ2) is 17.6. The predicted molar refractivity (Wildman–Crippen MR) is 282 cm³/mol. The van der Waals surface area contributed by atoms with Crippen molar-refractivity contribution in [3.05, 3.63) is 171 Å². The zero-order valence-corrected chi connectivity index (χ0v) is 45.3. The van der Waals surface area contributed by atoms with Crippen molar-refractivity contribution < 1.29 is 16.4 Å². The first-order valence-electron chi connectivity index (χ1n) is 24.4. The van der Waals surface area contributed by atoms with Crippen LogP contribution in [-0.2, 0) is 29.2 Å². The summed E-state index contributed by atoms with van der Waals surface area (Å²) >= 11 is -5.76. The summed E-state index contributed by atoms with van der Waals surface area (Å²) in [6, 6.07) is 44.4. The maximum absolute atomic E-state index is 9.59. The van der Waals surface area contributed by atoms with Crippen molar-refractivity contribution >= 4 is 52.3 Å². The number of allylic oxidation sites excluding steroid dienone is 2. The molecule has 1 aliphatic heterocycles. The van der Waals surface area contributed by atoms with Crippen molar-refractivity contribution in [3.8, 4) is 33.4 Å². The maximum atomic E-state index is 9.59. The molecule has 0 amide bonds. The van der Waals surface area contributed by atoms with Gasteiger partial charge in [0.05, 0.1) is 0 Å². The molecular formula is C60H67Cl2SiZr. The summed E-state index contributed by atoms with van der Waals surface area (Å²) in [5, 5.41) is 2.99. The molecule has 0 N–H and O–H groups in total. The molecule has 9 rings (SSSR count). The van der Waals surface area contributed by atoms with Gasteiger partial charge in [-0.25, -0.2) is 0 Å². The van der Waals surface area contributed by atoms with Crippen LogP contribution in [0.3, 0.4) is 0 Å². The molecule has 1 heterocycles. The zero-order chi connectivity index (χ0) is 45.3. The van der Waals surface area contributed by atoms with Crippen molar-refractivity contribution in [1.82, 2.24) is 0 Å². The van der Waals surface area contributed by atoms with Gasteiger partial charge in [-0.2, -0.15) is 0 Å². The van der Waals surface area contributed by atoms with Crippen LogP contribution in [0.25, 0.3) is 45.5 Å². The molecule has 2 aliphatic carbocycles. The van der Waals surface area contributed by atoms with Gasteiger partial charge in [-0.15, -0.1) is 0 Å². The normalized spacial score (nSPS) is 17.5. The van der Waals surface area contributed by atoms with Crippen LogP contribution in [0.5, 0.6) is 0 Å². The molecular weight excluding hydrogens is 911 g/mol. The summed E-state index contributed by atoms with van der Waals surface area (Å²) in [5.74, 6) is 1.64. The molecule has 4 heteroatoms. The van der Waals surface area contributed by atoms with Gasteiger partial charge >= 0.3 is 399 Å². The van der Waals surface area contributed by atoms with Gasteiger partial charge in [0.2, 0.25) is 0 Å². The van der Waals surface area contributed by atoms with E-state index in [9.17, 15) is 17.0 Å². The Balaban J connectivity index is 1.42. The average molecular weight is 978 g/mol. The Kier molecular flexibility index (Phi) is 12.6. The number of hydrogen-bond donors (Lipinski definition) is 0. The Labute approximate surface area is 395 Å². The molecule has 0 spiro atoms. The summed E-state index contributed by atoms with van der Waals surface area (Å²) in [6.07, 6.45) is 9.02. The fraction of sp³-hybridized carbons (Fsp3) is 0.333.